The Labute approximate surface area is 135 Å². The van der Waals surface area contributed by atoms with Crippen molar-refractivity contribution in [2.75, 3.05) is 6.61 Å². The van der Waals surface area contributed by atoms with Gasteiger partial charge >= 0.3 is 0 Å². The largest absolute Gasteiger partial charge is 0.484 e. The second-order valence-corrected chi connectivity index (χ2v) is 5.91. The van der Waals surface area contributed by atoms with Gasteiger partial charge in [0.2, 0.25) is 0 Å². The Morgan fingerprint density at radius 3 is 2.70 bits per heavy atom. The number of amides is 1. The second-order valence-electron chi connectivity index (χ2n) is 5.91. The predicted molar refractivity (Wildman–Crippen MR) is 86.9 cm³/mol. The van der Waals surface area contributed by atoms with E-state index >= 15 is 0 Å². The lowest BCUT2D eigenvalue weighted by atomic mass is 10.0. The number of nitrogens with one attached hydrogen (secondary N) is 1. The molecule has 1 N–H and O–H groups in total. The molecule has 2 aromatic carbocycles. The summed E-state index contributed by atoms with van der Waals surface area (Å²) in [5.74, 6) is -0.0407. The molecule has 120 valence electrons. The van der Waals surface area contributed by atoms with E-state index in [1.54, 1.807) is 0 Å². The first-order chi connectivity index (χ1) is 11.1. The van der Waals surface area contributed by atoms with Crippen molar-refractivity contribution in [2.24, 2.45) is 0 Å². The molecule has 0 bridgehead atoms. The van der Waals surface area contributed by atoms with Crippen LogP contribution in [0.25, 0.3) is 0 Å². The highest BCUT2D eigenvalue weighted by Crippen LogP contribution is 2.25. The lowest BCUT2D eigenvalue weighted by molar-refractivity contribution is -0.123. The highest BCUT2D eigenvalue weighted by molar-refractivity contribution is 5.78. The van der Waals surface area contributed by atoms with Crippen LogP contribution in [0.15, 0.2) is 42.5 Å². The Balaban J connectivity index is 1.54. The molecule has 0 saturated heterocycles. The summed E-state index contributed by atoms with van der Waals surface area (Å²) in [7, 11) is 0. The quantitative estimate of drug-likeness (QED) is 0.916. The minimum Gasteiger partial charge on any atom is -0.484 e. The first-order valence-corrected chi connectivity index (χ1v) is 7.91. The van der Waals surface area contributed by atoms with Crippen molar-refractivity contribution in [3.63, 3.8) is 0 Å². The molecule has 0 saturated carbocycles. The number of carbonyl (C=O) groups is 1. The molecule has 0 unspecified atom stereocenters. The van der Waals surface area contributed by atoms with Gasteiger partial charge in [-0.15, -0.1) is 0 Å². The van der Waals surface area contributed by atoms with Gasteiger partial charge < -0.3 is 10.1 Å². The average molecular weight is 313 g/mol. The van der Waals surface area contributed by atoms with E-state index in [-0.39, 0.29) is 24.4 Å². The van der Waals surface area contributed by atoms with Crippen molar-refractivity contribution in [3.8, 4) is 5.75 Å². The molecule has 23 heavy (non-hydrogen) atoms. The van der Waals surface area contributed by atoms with Crippen LogP contribution in [0, 0.1) is 5.82 Å². The smallest absolute Gasteiger partial charge is 0.258 e. The van der Waals surface area contributed by atoms with Crippen molar-refractivity contribution >= 4 is 5.91 Å². The fourth-order valence-electron chi connectivity index (χ4n) is 2.91. The molecule has 1 atom stereocenters. The first-order valence-electron chi connectivity index (χ1n) is 7.91. The number of aryl methyl sites for hydroxylation is 2. The first kappa shape index (κ1) is 15.5. The van der Waals surface area contributed by atoms with Gasteiger partial charge in [0.25, 0.3) is 5.91 Å². The number of fused-ring (bicyclic) bond motifs is 1. The number of carbonyl (C=O) groups excluding carboxylic acids is 1. The van der Waals surface area contributed by atoms with Crippen molar-refractivity contribution in [1.82, 2.24) is 5.32 Å². The summed E-state index contributed by atoms with van der Waals surface area (Å²) in [6, 6.07) is 12.0. The zero-order valence-corrected chi connectivity index (χ0v) is 13.1. The third-order valence-electron chi connectivity index (χ3n) is 4.18. The SMILES string of the molecule is C[C@H](NC(=O)COc1ccc(F)cc1)c1ccc2c(c1)CCC2. The number of hydrogen-bond donors (Lipinski definition) is 1. The number of halogens is 1. The van der Waals surface area contributed by atoms with Crippen molar-refractivity contribution in [3.05, 3.63) is 65.0 Å². The van der Waals surface area contributed by atoms with Crippen molar-refractivity contribution in [2.45, 2.75) is 32.2 Å². The molecular weight excluding hydrogens is 293 g/mol. The Hall–Kier alpha value is -2.36. The summed E-state index contributed by atoms with van der Waals surface area (Å²) in [5, 5.41) is 2.93. The van der Waals surface area contributed by atoms with E-state index in [0.717, 1.165) is 18.4 Å². The number of hydrogen-bond acceptors (Lipinski definition) is 2. The Morgan fingerprint density at radius 2 is 1.91 bits per heavy atom. The van der Waals surface area contributed by atoms with E-state index in [4.69, 9.17) is 4.74 Å². The van der Waals surface area contributed by atoms with E-state index < -0.39 is 0 Å². The molecule has 0 fully saturated rings. The van der Waals surface area contributed by atoms with Gasteiger partial charge in [-0.2, -0.15) is 0 Å². The zero-order chi connectivity index (χ0) is 16.2. The van der Waals surface area contributed by atoms with Gasteiger partial charge in [-0.1, -0.05) is 18.2 Å². The monoisotopic (exact) mass is 313 g/mol. The van der Waals surface area contributed by atoms with Gasteiger partial charge in [0.05, 0.1) is 6.04 Å². The molecule has 0 aliphatic heterocycles. The minimum atomic E-state index is -0.327. The topological polar surface area (TPSA) is 38.3 Å². The number of benzene rings is 2. The summed E-state index contributed by atoms with van der Waals surface area (Å²) >= 11 is 0. The number of ether oxygens (including phenoxy) is 1. The standard InChI is InChI=1S/C19H20FNO2/c1-13(15-6-5-14-3-2-4-16(14)11-15)21-19(22)12-23-18-9-7-17(20)8-10-18/h5-11,13H,2-4,12H2,1H3,(H,21,22)/t13-/m0/s1. The minimum absolute atomic E-state index is 0.0646. The normalized spacial score (nSPS) is 14.2. The van der Waals surface area contributed by atoms with Gasteiger partial charge in [-0.25, -0.2) is 4.39 Å². The maximum Gasteiger partial charge on any atom is 0.258 e. The molecule has 0 aromatic heterocycles. The Kier molecular flexibility index (Phi) is 4.60. The van der Waals surface area contributed by atoms with E-state index in [2.05, 4.69) is 23.5 Å². The summed E-state index contributed by atoms with van der Waals surface area (Å²) in [6.07, 6.45) is 3.49. The van der Waals surface area contributed by atoms with Gasteiger partial charge in [0, 0.05) is 0 Å². The molecule has 2 aromatic rings. The van der Waals surface area contributed by atoms with E-state index in [1.165, 1.54) is 41.8 Å². The fraction of sp³-hybridized carbons (Fsp3) is 0.316. The molecule has 0 radical (unpaired) electrons. The predicted octanol–water partition coefficient (Wildman–Crippen LogP) is 3.57. The summed E-state index contributed by atoms with van der Waals surface area (Å²) < 4.78 is 18.2. The van der Waals surface area contributed by atoms with Gasteiger partial charge in [0.15, 0.2) is 6.61 Å². The van der Waals surface area contributed by atoms with E-state index in [1.807, 2.05) is 6.92 Å². The maximum absolute atomic E-state index is 12.8. The molecule has 3 nitrogen and oxygen atoms in total. The summed E-state index contributed by atoms with van der Waals surface area (Å²) in [5.41, 5.74) is 3.93. The Morgan fingerprint density at radius 1 is 1.17 bits per heavy atom. The van der Waals surface area contributed by atoms with Gasteiger partial charge in [-0.3, -0.25) is 4.79 Å². The second kappa shape index (κ2) is 6.82. The highest BCUT2D eigenvalue weighted by Gasteiger charge is 2.15. The van der Waals surface area contributed by atoms with Crippen LogP contribution in [-0.4, -0.2) is 12.5 Å². The molecule has 0 heterocycles. The fourth-order valence-corrected chi connectivity index (χ4v) is 2.91. The average Bonchev–Trinajstić information content (AvgIpc) is 3.02. The van der Waals surface area contributed by atoms with Crippen LogP contribution in [0.3, 0.4) is 0 Å². The van der Waals surface area contributed by atoms with Gasteiger partial charge in [-0.05, 0) is 67.1 Å². The van der Waals surface area contributed by atoms with Gasteiger partial charge in [0.1, 0.15) is 11.6 Å². The number of rotatable bonds is 5. The van der Waals surface area contributed by atoms with Crippen molar-refractivity contribution in [1.29, 1.82) is 0 Å². The lowest BCUT2D eigenvalue weighted by Crippen LogP contribution is -2.31. The third kappa shape index (κ3) is 3.89. The summed E-state index contributed by atoms with van der Waals surface area (Å²) in [4.78, 5) is 12.0. The van der Waals surface area contributed by atoms with Crippen LogP contribution >= 0.6 is 0 Å². The summed E-state index contributed by atoms with van der Waals surface area (Å²) in [6.45, 7) is 1.88. The molecule has 0 spiro atoms. The van der Waals surface area contributed by atoms with E-state index in [0.29, 0.717) is 5.75 Å². The molecule has 1 aliphatic carbocycles. The van der Waals surface area contributed by atoms with E-state index in [9.17, 15) is 9.18 Å². The zero-order valence-electron chi connectivity index (χ0n) is 13.1. The molecule has 1 amide bonds. The van der Waals surface area contributed by atoms with Crippen molar-refractivity contribution < 1.29 is 13.9 Å². The molecule has 1 aliphatic rings. The van der Waals surface area contributed by atoms with Crippen LogP contribution in [0.2, 0.25) is 0 Å². The van der Waals surface area contributed by atoms with Crippen LogP contribution < -0.4 is 10.1 Å². The maximum atomic E-state index is 12.8. The Bertz CT molecular complexity index is 697. The lowest BCUT2D eigenvalue weighted by Gasteiger charge is -2.16. The third-order valence-corrected chi connectivity index (χ3v) is 4.18. The molecule has 3 rings (SSSR count). The molecule has 4 heteroatoms. The van der Waals surface area contributed by atoms with Crippen LogP contribution in [0.4, 0.5) is 4.39 Å². The van der Waals surface area contributed by atoms with Crippen LogP contribution in [-0.2, 0) is 17.6 Å². The highest BCUT2D eigenvalue weighted by atomic mass is 19.1. The molecular formula is C19H20FNO2. The van der Waals surface area contributed by atoms with Crippen LogP contribution in [0.5, 0.6) is 5.75 Å². The van der Waals surface area contributed by atoms with Crippen LogP contribution in [0.1, 0.15) is 36.1 Å².